The van der Waals surface area contributed by atoms with Crippen molar-refractivity contribution in [2.45, 2.75) is 25.3 Å². The second-order valence-corrected chi connectivity index (χ2v) is 4.51. The third kappa shape index (κ3) is 3.06. The summed E-state index contributed by atoms with van der Waals surface area (Å²) in [6, 6.07) is 2.13. The quantitative estimate of drug-likeness (QED) is 0.759. The monoisotopic (exact) mass is 241 g/mol. The zero-order valence-corrected chi connectivity index (χ0v) is 10.2. The van der Waals surface area contributed by atoms with Crippen LogP contribution in [-0.4, -0.2) is 41.1 Å². The van der Waals surface area contributed by atoms with Gasteiger partial charge in [-0.15, -0.1) is 0 Å². The van der Waals surface area contributed by atoms with Gasteiger partial charge in [-0.2, -0.15) is 0 Å². The van der Waals surface area contributed by atoms with E-state index in [1.165, 1.54) is 25.6 Å². The first-order valence-corrected chi connectivity index (χ1v) is 5.94. The topological polar surface area (TPSA) is 38.2 Å². The van der Waals surface area contributed by atoms with E-state index in [0.717, 1.165) is 6.54 Å². The van der Waals surface area contributed by atoms with Crippen molar-refractivity contribution in [3.8, 4) is 5.88 Å². The van der Waals surface area contributed by atoms with E-state index in [-0.39, 0.29) is 0 Å². The van der Waals surface area contributed by atoms with Gasteiger partial charge in [0.15, 0.2) is 0 Å². The molecule has 1 saturated heterocycles. The summed E-state index contributed by atoms with van der Waals surface area (Å²) in [4.78, 5) is 10.2. The lowest BCUT2D eigenvalue weighted by molar-refractivity contribution is 0.122. The Hall–Kier alpha value is -0.870. The van der Waals surface area contributed by atoms with E-state index in [1.807, 2.05) is 0 Å². The molecule has 0 aliphatic carbocycles. The van der Waals surface area contributed by atoms with Gasteiger partial charge in [-0.25, -0.2) is 9.97 Å². The molecular formula is C11H16ClN3O. The van der Waals surface area contributed by atoms with E-state index in [4.69, 9.17) is 16.3 Å². The van der Waals surface area contributed by atoms with Gasteiger partial charge in [-0.1, -0.05) is 18.0 Å². The van der Waals surface area contributed by atoms with Gasteiger partial charge in [0, 0.05) is 12.1 Å². The third-order valence-electron chi connectivity index (χ3n) is 2.95. The van der Waals surface area contributed by atoms with E-state index in [9.17, 15) is 0 Å². The molecule has 1 fully saturated rings. The SMILES string of the molecule is CN1CCCCC1COc1cc(Cl)ncn1. The van der Waals surface area contributed by atoms with Crippen LogP contribution in [-0.2, 0) is 0 Å². The smallest absolute Gasteiger partial charge is 0.217 e. The van der Waals surface area contributed by atoms with Gasteiger partial charge in [0.2, 0.25) is 5.88 Å². The average molecular weight is 242 g/mol. The molecule has 1 aliphatic rings. The number of likely N-dealkylation sites (tertiary alicyclic amines) is 1. The summed E-state index contributed by atoms with van der Waals surface area (Å²) in [7, 11) is 2.14. The minimum Gasteiger partial charge on any atom is -0.476 e. The molecule has 0 bridgehead atoms. The Kier molecular flexibility index (Phi) is 3.96. The number of halogens is 1. The summed E-state index contributed by atoms with van der Waals surface area (Å²) in [5, 5.41) is 0.419. The molecule has 0 spiro atoms. The fourth-order valence-corrected chi connectivity index (χ4v) is 2.07. The van der Waals surface area contributed by atoms with Crippen molar-refractivity contribution < 1.29 is 4.74 Å². The molecule has 16 heavy (non-hydrogen) atoms. The number of nitrogens with zero attached hydrogens (tertiary/aromatic N) is 3. The first-order chi connectivity index (χ1) is 7.75. The first kappa shape index (κ1) is 11.6. The van der Waals surface area contributed by atoms with Gasteiger partial charge < -0.3 is 9.64 Å². The highest BCUT2D eigenvalue weighted by Crippen LogP contribution is 2.17. The molecule has 0 saturated carbocycles. The van der Waals surface area contributed by atoms with E-state index in [1.54, 1.807) is 6.07 Å². The van der Waals surface area contributed by atoms with Crippen molar-refractivity contribution in [2.75, 3.05) is 20.2 Å². The zero-order chi connectivity index (χ0) is 11.4. The fourth-order valence-electron chi connectivity index (χ4n) is 1.93. The van der Waals surface area contributed by atoms with Crippen LogP contribution >= 0.6 is 11.6 Å². The number of hydrogen-bond acceptors (Lipinski definition) is 4. The Morgan fingerprint density at radius 2 is 2.38 bits per heavy atom. The van der Waals surface area contributed by atoms with Crippen LogP contribution in [0.5, 0.6) is 5.88 Å². The fraction of sp³-hybridized carbons (Fsp3) is 0.636. The van der Waals surface area contributed by atoms with Crippen molar-refractivity contribution in [1.29, 1.82) is 0 Å². The highest BCUT2D eigenvalue weighted by molar-refractivity contribution is 6.29. The summed E-state index contributed by atoms with van der Waals surface area (Å²) < 4.78 is 5.62. The third-order valence-corrected chi connectivity index (χ3v) is 3.16. The zero-order valence-electron chi connectivity index (χ0n) is 9.40. The van der Waals surface area contributed by atoms with E-state index in [2.05, 4.69) is 21.9 Å². The number of likely N-dealkylation sites (N-methyl/N-ethyl adjacent to an activating group) is 1. The predicted octanol–water partition coefficient (Wildman–Crippen LogP) is 1.99. The van der Waals surface area contributed by atoms with E-state index >= 15 is 0 Å². The molecule has 1 aromatic heterocycles. The van der Waals surface area contributed by atoms with Gasteiger partial charge in [0.1, 0.15) is 18.1 Å². The second-order valence-electron chi connectivity index (χ2n) is 4.12. The summed E-state index contributed by atoms with van der Waals surface area (Å²) in [6.07, 6.45) is 5.17. The van der Waals surface area contributed by atoms with Gasteiger partial charge >= 0.3 is 0 Å². The van der Waals surface area contributed by atoms with Crippen LogP contribution < -0.4 is 4.74 Å². The molecule has 2 rings (SSSR count). The van der Waals surface area contributed by atoms with Crippen LogP contribution in [0.2, 0.25) is 5.15 Å². The highest BCUT2D eigenvalue weighted by Gasteiger charge is 2.19. The average Bonchev–Trinajstić information content (AvgIpc) is 2.28. The maximum Gasteiger partial charge on any atom is 0.217 e. The lowest BCUT2D eigenvalue weighted by Gasteiger charge is -2.31. The van der Waals surface area contributed by atoms with Crippen molar-refractivity contribution in [2.24, 2.45) is 0 Å². The van der Waals surface area contributed by atoms with Crippen molar-refractivity contribution >= 4 is 11.6 Å². The standard InChI is InChI=1S/C11H16ClN3O/c1-15-5-3-2-4-9(15)7-16-11-6-10(12)13-8-14-11/h6,8-9H,2-5,7H2,1H3. The molecule has 1 aromatic rings. The van der Waals surface area contributed by atoms with Gasteiger partial charge in [-0.3, -0.25) is 0 Å². The first-order valence-electron chi connectivity index (χ1n) is 5.56. The molecule has 5 heteroatoms. The molecule has 1 unspecified atom stereocenters. The Bertz CT molecular complexity index is 348. The Balaban J connectivity index is 1.86. The molecule has 1 atom stereocenters. The lowest BCUT2D eigenvalue weighted by Crippen LogP contribution is -2.40. The lowest BCUT2D eigenvalue weighted by atomic mass is 10.0. The van der Waals surface area contributed by atoms with Crippen LogP contribution in [0.3, 0.4) is 0 Å². The van der Waals surface area contributed by atoms with Crippen LogP contribution in [0.25, 0.3) is 0 Å². The Morgan fingerprint density at radius 1 is 1.50 bits per heavy atom. The number of piperidine rings is 1. The molecule has 0 radical (unpaired) electrons. The van der Waals surface area contributed by atoms with Crippen molar-refractivity contribution in [1.82, 2.24) is 14.9 Å². The molecule has 0 N–H and O–H groups in total. The summed E-state index contributed by atoms with van der Waals surface area (Å²) in [5.74, 6) is 0.555. The van der Waals surface area contributed by atoms with Gasteiger partial charge in [0.05, 0.1) is 0 Å². The summed E-state index contributed by atoms with van der Waals surface area (Å²) in [6.45, 7) is 1.82. The molecule has 4 nitrogen and oxygen atoms in total. The van der Waals surface area contributed by atoms with Crippen LogP contribution in [0.1, 0.15) is 19.3 Å². The molecule has 88 valence electrons. The molecule has 0 amide bonds. The Morgan fingerprint density at radius 3 is 3.12 bits per heavy atom. The molecule has 2 heterocycles. The highest BCUT2D eigenvalue weighted by atomic mass is 35.5. The summed E-state index contributed by atoms with van der Waals surface area (Å²) >= 11 is 5.75. The normalized spacial score (nSPS) is 22.0. The van der Waals surface area contributed by atoms with Crippen molar-refractivity contribution in [3.05, 3.63) is 17.5 Å². The molecule has 0 aromatic carbocycles. The van der Waals surface area contributed by atoms with Crippen LogP contribution in [0.4, 0.5) is 0 Å². The number of hydrogen-bond donors (Lipinski definition) is 0. The predicted molar refractivity (Wildman–Crippen MR) is 62.8 cm³/mol. The minimum absolute atomic E-state index is 0.419. The van der Waals surface area contributed by atoms with Crippen LogP contribution in [0.15, 0.2) is 12.4 Å². The summed E-state index contributed by atoms with van der Waals surface area (Å²) in [5.41, 5.74) is 0. The maximum atomic E-state index is 5.75. The minimum atomic E-state index is 0.419. The molecule has 1 aliphatic heterocycles. The largest absolute Gasteiger partial charge is 0.476 e. The van der Waals surface area contributed by atoms with Gasteiger partial charge in [-0.05, 0) is 26.4 Å². The number of aromatic nitrogens is 2. The Labute approximate surface area is 101 Å². The molecular weight excluding hydrogens is 226 g/mol. The second kappa shape index (κ2) is 5.46. The van der Waals surface area contributed by atoms with E-state index < -0.39 is 0 Å². The van der Waals surface area contributed by atoms with Gasteiger partial charge in [0.25, 0.3) is 0 Å². The van der Waals surface area contributed by atoms with Crippen LogP contribution in [0, 0.1) is 0 Å². The number of rotatable bonds is 3. The van der Waals surface area contributed by atoms with Crippen molar-refractivity contribution in [3.63, 3.8) is 0 Å². The maximum absolute atomic E-state index is 5.75. The number of ether oxygens (including phenoxy) is 1. The van der Waals surface area contributed by atoms with E-state index in [0.29, 0.717) is 23.7 Å².